The Bertz CT molecular complexity index is 7890. The van der Waals surface area contributed by atoms with E-state index in [-0.39, 0.29) is 0 Å². The molecule has 560 valence electrons. The lowest BCUT2D eigenvalue weighted by molar-refractivity contribution is 0.769. The van der Waals surface area contributed by atoms with Gasteiger partial charge in [-0.15, -0.1) is 11.3 Å². The average molecular weight is 1550 g/mol. The molecule has 0 saturated carbocycles. The molecule has 0 bridgehead atoms. The highest BCUT2D eigenvalue weighted by atomic mass is 32.1. The lowest BCUT2D eigenvalue weighted by Gasteiger charge is -2.34. The van der Waals surface area contributed by atoms with E-state index >= 15 is 0 Å². The minimum atomic E-state index is -0.645. The summed E-state index contributed by atoms with van der Waals surface area (Å²) in [7, 11) is 0. The fourth-order valence-corrected chi connectivity index (χ4v) is 25.4. The van der Waals surface area contributed by atoms with Crippen molar-refractivity contribution in [2.45, 2.75) is 34.5 Å². The van der Waals surface area contributed by atoms with E-state index in [2.05, 4.69) is 413 Å². The summed E-state index contributed by atoms with van der Waals surface area (Å²) in [4.78, 5) is 15.1. The van der Waals surface area contributed by atoms with E-state index < -0.39 is 21.7 Å². The second kappa shape index (κ2) is 24.9. The molecular weight excluding hydrogens is 1480 g/mol. The van der Waals surface area contributed by atoms with E-state index in [0.29, 0.717) is 0 Å². The molecule has 7 aliphatic carbocycles. The van der Waals surface area contributed by atoms with Crippen molar-refractivity contribution in [1.82, 2.24) is 9.97 Å². The average Bonchev–Trinajstić information content (AvgIpc) is 1.51. The maximum absolute atomic E-state index is 6.48. The fourth-order valence-electron chi connectivity index (χ4n) is 24.2. The molecule has 2 heterocycles. The first-order chi connectivity index (χ1) is 60.0. The third-order valence-electron chi connectivity index (χ3n) is 28.8. The zero-order valence-corrected chi connectivity index (χ0v) is 66.8. The lowest BCUT2D eigenvalue weighted by atomic mass is 9.67. The molecule has 121 heavy (non-hydrogen) atoms. The number of nitrogens with zero attached hydrogens (tertiary/aromatic N) is 2. The summed E-state index contributed by atoms with van der Waals surface area (Å²) >= 11 is 1.83. The van der Waals surface area contributed by atoms with Crippen LogP contribution >= 0.6 is 11.3 Å². The van der Waals surface area contributed by atoms with Gasteiger partial charge in [0.25, 0.3) is 0 Å². The van der Waals surface area contributed by atoms with Crippen molar-refractivity contribution in [3.05, 3.63) is 507 Å². The Hall–Kier alpha value is -14.7. The summed E-state index contributed by atoms with van der Waals surface area (Å²) in [6.07, 6.45) is 6.93. The molecule has 27 rings (SSSR count). The molecular formula is C118H72N2S. The van der Waals surface area contributed by atoms with Crippen molar-refractivity contribution < 1.29 is 0 Å². The topological polar surface area (TPSA) is 25.8 Å². The fraction of sp³-hybridized carbons (Fsp3) is 0.0508. The zero-order valence-electron chi connectivity index (χ0n) is 66.0. The van der Waals surface area contributed by atoms with Crippen LogP contribution in [0.25, 0.3) is 148 Å². The van der Waals surface area contributed by atoms with E-state index in [1.54, 1.807) is 0 Å². The maximum Gasteiger partial charge on any atom is 0.109 e. The first kappa shape index (κ1) is 67.3. The van der Waals surface area contributed by atoms with E-state index in [1.807, 2.05) is 11.3 Å². The minimum absolute atomic E-state index is 0.463. The van der Waals surface area contributed by atoms with E-state index in [9.17, 15) is 0 Å². The Balaban J connectivity index is 0.758. The van der Waals surface area contributed by atoms with Crippen LogP contribution in [0.15, 0.2) is 418 Å². The number of allylic oxidation sites excluding steroid dienone is 4. The molecule has 0 saturated heterocycles. The highest BCUT2D eigenvalue weighted by Gasteiger charge is 2.55. The Morgan fingerprint density at radius 1 is 0.215 bits per heavy atom. The van der Waals surface area contributed by atoms with Crippen molar-refractivity contribution >= 4 is 60.5 Å². The standard InChI is InChI=1S/C118H72N2S/c1-5-31-75(32-6-1)115(76-33-7-2-8-34-76)95-49-21-13-43-87(95)89-65-61-73(69-105(89)115)113-111-112(114(121-113)74-62-66-90-88-44-14-22-50-96(88)116(106(90)70-74,77-35-9-3-10-36-77)78-37-11-4-12-38-78)120-110-94-68-72(80-48-30-58-104-108(80)92-46-20-28-56-102(92)118(104)99-53-25-17-41-85(99)86-42-18-26-54-100(86)118)60-64-82(94)81-63-59-71(67-93(81)109(110)119-111)79-47-29-57-103-107(79)91-45-19-27-55-101(91)117(103)97-51-23-15-39-83(97)84-40-16-24-52-98(84)117/h1-17,19-41,43-70H,18,42H2. The molecule has 0 N–H and O–H groups in total. The third kappa shape index (κ3) is 8.60. The number of aromatic nitrogens is 2. The molecule has 0 fully saturated rings. The van der Waals surface area contributed by atoms with Gasteiger partial charge in [-0.3, -0.25) is 0 Å². The molecule has 0 aliphatic heterocycles. The van der Waals surface area contributed by atoms with Gasteiger partial charge >= 0.3 is 0 Å². The highest BCUT2D eigenvalue weighted by Crippen LogP contribution is 2.68. The van der Waals surface area contributed by atoms with Gasteiger partial charge in [-0.1, -0.05) is 388 Å². The van der Waals surface area contributed by atoms with Crippen LogP contribution in [-0.4, -0.2) is 9.97 Å². The monoisotopic (exact) mass is 1550 g/mol. The maximum atomic E-state index is 6.48. The Kier molecular flexibility index (Phi) is 13.9. The predicted octanol–water partition coefficient (Wildman–Crippen LogP) is 29.3. The molecule has 3 heteroatoms. The molecule has 7 aliphatic rings. The molecule has 0 radical (unpaired) electrons. The molecule has 1 unspecified atom stereocenters. The number of fused-ring (bicyclic) bond motifs is 32. The summed E-state index contributed by atoms with van der Waals surface area (Å²) in [5, 5.41) is 4.37. The largest absolute Gasteiger partial charge is 0.242 e. The second-order valence-electron chi connectivity index (χ2n) is 34.0. The van der Waals surface area contributed by atoms with Gasteiger partial charge in [0, 0.05) is 10.8 Å². The van der Waals surface area contributed by atoms with Gasteiger partial charge in [0.1, 0.15) is 11.0 Å². The molecule has 2 aromatic heterocycles. The van der Waals surface area contributed by atoms with Crippen molar-refractivity contribution in [1.29, 1.82) is 0 Å². The number of thiophene rings is 1. The van der Waals surface area contributed by atoms with Crippen LogP contribution < -0.4 is 0 Å². The second-order valence-corrected chi connectivity index (χ2v) is 35.0. The number of rotatable bonds is 8. The molecule has 18 aromatic carbocycles. The van der Waals surface area contributed by atoms with Crippen molar-refractivity contribution in [3.63, 3.8) is 0 Å². The van der Waals surface area contributed by atoms with E-state index in [0.717, 1.165) is 88.5 Å². The molecule has 2 nitrogen and oxygen atoms in total. The molecule has 20 aromatic rings. The van der Waals surface area contributed by atoms with Gasteiger partial charge in [0.05, 0.1) is 42.4 Å². The van der Waals surface area contributed by atoms with Crippen LogP contribution in [0.1, 0.15) is 102 Å². The van der Waals surface area contributed by atoms with Gasteiger partial charge in [-0.2, -0.15) is 0 Å². The highest BCUT2D eigenvalue weighted by molar-refractivity contribution is 7.21. The van der Waals surface area contributed by atoms with Gasteiger partial charge < -0.3 is 0 Å². The van der Waals surface area contributed by atoms with Gasteiger partial charge in [-0.25, -0.2) is 9.97 Å². The lowest BCUT2D eigenvalue weighted by Crippen LogP contribution is -2.28. The smallest absolute Gasteiger partial charge is 0.109 e. The van der Waals surface area contributed by atoms with Gasteiger partial charge in [0.15, 0.2) is 0 Å². The molecule has 1 atom stereocenters. The van der Waals surface area contributed by atoms with Crippen LogP contribution in [0.2, 0.25) is 0 Å². The minimum Gasteiger partial charge on any atom is -0.242 e. The molecule has 2 spiro atoms. The van der Waals surface area contributed by atoms with Crippen LogP contribution in [0, 0.1) is 0 Å². The van der Waals surface area contributed by atoms with Crippen molar-refractivity contribution in [2.24, 2.45) is 0 Å². The SMILES string of the molecule is C1=CC2=C(CC1)c1ccccc1C21c2ccccc2-c2c(-c3ccc4c5ccc(-c6cccc7c6-c6ccccc6C76c7ccccc7-c7ccccc76)cc5c5nc6c(-c7ccc8c(c7)C(c7ccccc7)(c7ccccc7)c7ccccc7-8)sc(-c7ccc8c(c7)C(c7ccccc7)(c7ccccc7)c7ccccc7-8)c6nc5c4c3)cccc21. The quantitative estimate of drug-likeness (QED) is 0.142. The predicted molar refractivity (Wildman–Crippen MR) is 500 cm³/mol. The molecule has 0 amide bonds. The van der Waals surface area contributed by atoms with Crippen LogP contribution in [-0.2, 0) is 21.7 Å². The number of benzene rings is 18. The first-order valence-electron chi connectivity index (χ1n) is 42.6. The van der Waals surface area contributed by atoms with E-state index in [4.69, 9.17) is 9.97 Å². The summed E-state index contributed by atoms with van der Waals surface area (Å²) in [5.74, 6) is 0. The van der Waals surface area contributed by atoms with E-state index in [1.165, 1.54) is 167 Å². The number of hydrogen-bond acceptors (Lipinski definition) is 3. The van der Waals surface area contributed by atoms with Crippen molar-refractivity contribution in [2.75, 3.05) is 0 Å². The Labute approximate surface area is 705 Å². The first-order valence-corrected chi connectivity index (χ1v) is 43.4. The summed E-state index contributed by atoms with van der Waals surface area (Å²) in [5.41, 5.74) is 44.3. The normalized spacial score (nSPS) is 16.0. The zero-order chi connectivity index (χ0) is 79.0. The summed E-state index contributed by atoms with van der Waals surface area (Å²) in [6.45, 7) is 0. The summed E-state index contributed by atoms with van der Waals surface area (Å²) in [6, 6.07) is 153. The Morgan fingerprint density at radius 3 is 0.950 bits per heavy atom. The number of hydrogen-bond donors (Lipinski definition) is 0. The van der Waals surface area contributed by atoms with Crippen LogP contribution in [0.3, 0.4) is 0 Å². The third-order valence-corrected chi connectivity index (χ3v) is 30.0. The van der Waals surface area contributed by atoms with Crippen molar-refractivity contribution in [3.8, 4) is 98.8 Å². The van der Waals surface area contributed by atoms with Gasteiger partial charge in [0.2, 0.25) is 0 Å². The Morgan fingerprint density at radius 2 is 0.529 bits per heavy atom. The van der Waals surface area contributed by atoms with Crippen LogP contribution in [0.5, 0.6) is 0 Å². The van der Waals surface area contributed by atoms with Gasteiger partial charge in [-0.05, 0) is 237 Å². The summed E-state index contributed by atoms with van der Waals surface area (Å²) < 4.78 is 0. The van der Waals surface area contributed by atoms with Crippen LogP contribution in [0.4, 0.5) is 0 Å².